The second-order valence-corrected chi connectivity index (χ2v) is 7.41. The first kappa shape index (κ1) is 21.0. The molecule has 1 N–H and O–H groups in total. The van der Waals surface area contributed by atoms with Crippen LogP contribution in [0.25, 0.3) is 0 Å². The third-order valence-electron chi connectivity index (χ3n) is 4.28. The molecule has 1 saturated heterocycles. The zero-order chi connectivity index (χ0) is 20.8. The van der Waals surface area contributed by atoms with Crippen LogP contribution in [0.1, 0.15) is 12.8 Å². The predicted molar refractivity (Wildman–Crippen MR) is 104 cm³/mol. The highest BCUT2D eigenvalue weighted by Crippen LogP contribution is 2.24. The Morgan fingerprint density at radius 2 is 1.93 bits per heavy atom. The van der Waals surface area contributed by atoms with Gasteiger partial charge in [0.15, 0.2) is 11.6 Å². The van der Waals surface area contributed by atoms with Gasteiger partial charge in [-0.25, -0.2) is 13.2 Å². The molecule has 0 aromatic heterocycles. The Balaban J connectivity index is 1.48. The van der Waals surface area contributed by atoms with Gasteiger partial charge in [0.25, 0.3) is 0 Å². The lowest BCUT2D eigenvalue weighted by Crippen LogP contribution is -2.44. The molecule has 154 valence electrons. The number of benzene rings is 2. The molecule has 1 fully saturated rings. The summed E-state index contributed by atoms with van der Waals surface area (Å²) < 4.78 is 44.9. The second-order valence-electron chi connectivity index (χ2n) is 6.41. The van der Waals surface area contributed by atoms with Crippen molar-refractivity contribution in [1.29, 1.82) is 0 Å². The lowest BCUT2D eigenvalue weighted by Gasteiger charge is -2.23. The highest BCUT2D eigenvalue weighted by atomic mass is 32.2. The van der Waals surface area contributed by atoms with Gasteiger partial charge in [0.2, 0.25) is 11.8 Å². The average molecular weight is 424 g/mol. The highest BCUT2D eigenvalue weighted by molar-refractivity contribution is 7.99. The first-order chi connectivity index (χ1) is 13.9. The van der Waals surface area contributed by atoms with Gasteiger partial charge in [-0.1, -0.05) is 6.07 Å². The van der Waals surface area contributed by atoms with E-state index >= 15 is 0 Å². The topological polar surface area (TPSA) is 58.6 Å². The van der Waals surface area contributed by atoms with Crippen molar-refractivity contribution in [1.82, 2.24) is 4.90 Å². The zero-order valence-electron chi connectivity index (χ0n) is 15.4. The number of amides is 2. The summed E-state index contributed by atoms with van der Waals surface area (Å²) in [5, 5.41) is 2.63. The van der Waals surface area contributed by atoms with Gasteiger partial charge in [-0.2, -0.15) is 0 Å². The molecule has 3 rings (SSSR count). The number of halogens is 3. The fourth-order valence-electron chi connectivity index (χ4n) is 2.84. The molecular weight excluding hydrogens is 405 g/mol. The number of thioether (sulfide) groups is 1. The summed E-state index contributed by atoms with van der Waals surface area (Å²) in [6.45, 7) is 0.0788. The first-order valence-corrected chi connectivity index (χ1v) is 10.1. The third kappa shape index (κ3) is 5.66. The minimum absolute atomic E-state index is 0.0788. The van der Waals surface area contributed by atoms with E-state index in [1.54, 1.807) is 6.07 Å². The largest absolute Gasteiger partial charge is 0.491 e. The van der Waals surface area contributed by atoms with Crippen molar-refractivity contribution < 1.29 is 27.5 Å². The predicted octanol–water partition coefficient (Wildman–Crippen LogP) is 3.80. The van der Waals surface area contributed by atoms with Crippen LogP contribution >= 0.6 is 11.8 Å². The molecule has 2 amide bonds. The summed E-state index contributed by atoms with van der Waals surface area (Å²) >= 11 is 1.45. The SMILES string of the molecule is O=C(Nc1cccc(F)c1)C1CSCN1C(=O)CCCOc1ccc(F)cc1F. The maximum atomic E-state index is 13.5. The standard InChI is InChI=1S/C20H19F3N2O3S/c21-13-3-1-4-15(9-13)24-20(27)17-11-29-12-25(17)19(26)5-2-8-28-18-7-6-14(22)10-16(18)23/h1,3-4,6-7,9-10,17H,2,5,8,11-12H2,(H,24,27). The first-order valence-electron chi connectivity index (χ1n) is 8.95. The van der Waals surface area contributed by atoms with Crippen molar-refractivity contribution in [2.24, 2.45) is 0 Å². The number of anilines is 1. The second kappa shape index (κ2) is 9.69. The minimum Gasteiger partial charge on any atom is -0.491 e. The van der Waals surface area contributed by atoms with Crippen LogP contribution in [0.3, 0.4) is 0 Å². The quantitative estimate of drug-likeness (QED) is 0.687. The molecule has 1 atom stereocenters. The molecule has 29 heavy (non-hydrogen) atoms. The smallest absolute Gasteiger partial charge is 0.248 e. The van der Waals surface area contributed by atoms with Gasteiger partial charge in [-0.05, 0) is 36.8 Å². The average Bonchev–Trinajstić information content (AvgIpc) is 3.16. The molecule has 0 bridgehead atoms. The van der Waals surface area contributed by atoms with E-state index in [2.05, 4.69) is 5.32 Å². The monoisotopic (exact) mass is 424 g/mol. The molecule has 0 spiro atoms. The lowest BCUT2D eigenvalue weighted by atomic mass is 10.2. The normalized spacial score (nSPS) is 16.0. The van der Waals surface area contributed by atoms with Crippen LogP contribution in [-0.2, 0) is 9.59 Å². The summed E-state index contributed by atoms with van der Waals surface area (Å²) in [7, 11) is 0. The fourth-order valence-corrected chi connectivity index (χ4v) is 4.02. The number of rotatable bonds is 7. The number of carbonyl (C=O) groups excluding carboxylic acids is 2. The van der Waals surface area contributed by atoms with Crippen molar-refractivity contribution in [3.05, 3.63) is 59.9 Å². The number of nitrogens with one attached hydrogen (secondary N) is 1. The maximum Gasteiger partial charge on any atom is 0.248 e. The molecule has 2 aromatic rings. The maximum absolute atomic E-state index is 13.5. The minimum atomic E-state index is -0.804. The van der Waals surface area contributed by atoms with E-state index in [0.29, 0.717) is 23.7 Å². The molecule has 1 aliphatic rings. The van der Waals surface area contributed by atoms with Crippen LogP contribution in [-0.4, -0.2) is 41.0 Å². The number of nitrogens with zero attached hydrogens (tertiary/aromatic N) is 1. The third-order valence-corrected chi connectivity index (χ3v) is 5.30. The molecule has 9 heteroatoms. The highest BCUT2D eigenvalue weighted by Gasteiger charge is 2.34. The van der Waals surface area contributed by atoms with Crippen LogP contribution < -0.4 is 10.1 Å². The van der Waals surface area contributed by atoms with Crippen molar-refractivity contribution in [3.63, 3.8) is 0 Å². The summed E-state index contributed by atoms with van der Waals surface area (Å²) in [6.07, 6.45) is 0.433. The Morgan fingerprint density at radius 1 is 1.14 bits per heavy atom. The molecule has 2 aromatic carbocycles. The van der Waals surface area contributed by atoms with Crippen molar-refractivity contribution in [2.45, 2.75) is 18.9 Å². The van der Waals surface area contributed by atoms with Gasteiger partial charge in [-0.3, -0.25) is 9.59 Å². The van der Waals surface area contributed by atoms with Crippen molar-refractivity contribution >= 4 is 29.3 Å². The summed E-state index contributed by atoms with van der Waals surface area (Å²) in [6, 6.07) is 7.90. The molecule has 5 nitrogen and oxygen atoms in total. The van der Waals surface area contributed by atoms with E-state index < -0.39 is 23.5 Å². The van der Waals surface area contributed by atoms with Crippen LogP contribution in [0, 0.1) is 17.5 Å². The molecule has 0 radical (unpaired) electrons. The van der Waals surface area contributed by atoms with E-state index in [1.165, 1.54) is 40.9 Å². The number of ether oxygens (including phenoxy) is 1. The van der Waals surface area contributed by atoms with E-state index in [4.69, 9.17) is 4.74 Å². The Hall–Kier alpha value is -2.68. The van der Waals surface area contributed by atoms with Gasteiger partial charge >= 0.3 is 0 Å². The molecule has 0 aliphatic carbocycles. The summed E-state index contributed by atoms with van der Waals surface area (Å²) in [5.74, 6) is -1.81. The lowest BCUT2D eigenvalue weighted by molar-refractivity contribution is -0.136. The molecule has 1 unspecified atom stereocenters. The molecule has 1 heterocycles. The number of carbonyl (C=O) groups is 2. The number of hydrogen-bond acceptors (Lipinski definition) is 4. The molecule has 0 saturated carbocycles. The Kier molecular flexibility index (Phi) is 7.03. The Labute approximate surface area is 170 Å². The number of hydrogen-bond donors (Lipinski definition) is 1. The van der Waals surface area contributed by atoms with Gasteiger partial charge in [0, 0.05) is 23.9 Å². The van der Waals surface area contributed by atoms with Gasteiger partial charge < -0.3 is 15.0 Å². The Morgan fingerprint density at radius 3 is 2.69 bits per heavy atom. The fraction of sp³-hybridized carbons (Fsp3) is 0.300. The summed E-state index contributed by atoms with van der Waals surface area (Å²) in [4.78, 5) is 26.4. The molecular formula is C20H19F3N2O3S. The van der Waals surface area contributed by atoms with Gasteiger partial charge in [-0.15, -0.1) is 11.8 Å². The van der Waals surface area contributed by atoms with Crippen molar-refractivity contribution in [2.75, 3.05) is 23.6 Å². The van der Waals surface area contributed by atoms with E-state index in [1.807, 2.05) is 0 Å². The van der Waals surface area contributed by atoms with E-state index in [9.17, 15) is 22.8 Å². The van der Waals surface area contributed by atoms with Crippen LogP contribution in [0.15, 0.2) is 42.5 Å². The van der Waals surface area contributed by atoms with E-state index in [0.717, 1.165) is 12.1 Å². The van der Waals surface area contributed by atoms with Crippen LogP contribution in [0.5, 0.6) is 5.75 Å². The van der Waals surface area contributed by atoms with Crippen molar-refractivity contribution in [3.8, 4) is 5.75 Å². The van der Waals surface area contributed by atoms with E-state index in [-0.39, 0.29) is 30.6 Å². The van der Waals surface area contributed by atoms with Gasteiger partial charge in [0.05, 0.1) is 12.5 Å². The Bertz CT molecular complexity index is 897. The van der Waals surface area contributed by atoms with Gasteiger partial charge in [0.1, 0.15) is 17.7 Å². The zero-order valence-corrected chi connectivity index (χ0v) is 16.2. The summed E-state index contributed by atoms with van der Waals surface area (Å²) in [5.41, 5.74) is 0.328. The van der Waals surface area contributed by atoms with Crippen LogP contribution in [0.4, 0.5) is 18.9 Å². The molecule has 1 aliphatic heterocycles. The van der Waals surface area contributed by atoms with Crippen LogP contribution in [0.2, 0.25) is 0 Å².